The first kappa shape index (κ1) is 12.2. The molecule has 18 heavy (non-hydrogen) atoms. The van der Waals surface area contributed by atoms with Crippen LogP contribution in [-0.2, 0) is 11.2 Å². The van der Waals surface area contributed by atoms with Crippen LogP contribution in [0.5, 0.6) is 0 Å². The number of furan rings is 2. The van der Waals surface area contributed by atoms with E-state index in [4.69, 9.17) is 8.83 Å². The number of carbonyl (C=O) groups excluding carboxylic acids is 1. The Morgan fingerprint density at radius 1 is 1.33 bits per heavy atom. The first-order valence-electron chi connectivity index (χ1n) is 5.76. The first-order chi connectivity index (χ1) is 8.74. The fourth-order valence-corrected chi connectivity index (χ4v) is 1.65. The van der Waals surface area contributed by atoms with Crippen LogP contribution >= 0.6 is 0 Å². The van der Waals surface area contributed by atoms with E-state index in [1.807, 2.05) is 13.0 Å². The van der Waals surface area contributed by atoms with Crippen molar-refractivity contribution in [1.82, 2.24) is 5.32 Å². The minimum absolute atomic E-state index is 0.0594. The molecule has 0 fully saturated rings. The zero-order valence-electron chi connectivity index (χ0n) is 10.1. The predicted octanol–water partition coefficient (Wildman–Crippen LogP) is 2.63. The van der Waals surface area contributed by atoms with Crippen molar-refractivity contribution in [2.45, 2.75) is 19.4 Å². The summed E-state index contributed by atoms with van der Waals surface area (Å²) < 4.78 is 9.88. The summed E-state index contributed by atoms with van der Waals surface area (Å²) in [5.41, 5.74) is 1.94. The molecule has 2 heterocycles. The first-order valence-corrected chi connectivity index (χ1v) is 5.76. The van der Waals surface area contributed by atoms with Gasteiger partial charge in [-0.2, -0.15) is 0 Å². The van der Waals surface area contributed by atoms with E-state index in [-0.39, 0.29) is 11.9 Å². The van der Waals surface area contributed by atoms with Crippen molar-refractivity contribution in [3.63, 3.8) is 0 Å². The molecule has 4 nitrogen and oxygen atoms in total. The maximum absolute atomic E-state index is 11.6. The van der Waals surface area contributed by atoms with E-state index >= 15 is 0 Å². The SMILES string of the molecule is CC(Cc1ccoc1)NC(=O)/C=C/c1ccoc1. The fourth-order valence-electron chi connectivity index (χ4n) is 1.65. The molecule has 0 spiro atoms. The molecule has 0 bridgehead atoms. The van der Waals surface area contributed by atoms with Gasteiger partial charge in [-0.25, -0.2) is 0 Å². The Kier molecular flexibility index (Phi) is 4.02. The molecule has 2 aromatic rings. The average Bonchev–Trinajstić information content (AvgIpc) is 2.98. The van der Waals surface area contributed by atoms with Crippen LogP contribution in [0.25, 0.3) is 6.08 Å². The highest BCUT2D eigenvalue weighted by Crippen LogP contribution is 2.04. The van der Waals surface area contributed by atoms with Gasteiger partial charge >= 0.3 is 0 Å². The van der Waals surface area contributed by atoms with Crippen LogP contribution in [0.2, 0.25) is 0 Å². The molecule has 1 atom stereocenters. The second kappa shape index (κ2) is 5.91. The van der Waals surface area contributed by atoms with Crippen molar-refractivity contribution in [3.8, 4) is 0 Å². The van der Waals surface area contributed by atoms with Gasteiger partial charge in [-0.1, -0.05) is 0 Å². The number of amides is 1. The zero-order valence-corrected chi connectivity index (χ0v) is 10.1. The highest BCUT2D eigenvalue weighted by molar-refractivity contribution is 5.91. The van der Waals surface area contributed by atoms with Gasteiger partial charge in [0.15, 0.2) is 0 Å². The van der Waals surface area contributed by atoms with Crippen LogP contribution in [-0.4, -0.2) is 11.9 Å². The molecule has 0 aliphatic heterocycles. The van der Waals surface area contributed by atoms with Crippen molar-refractivity contribution in [2.75, 3.05) is 0 Å². The number of hydrogen-bond acceptors (Lipinski definition) is 3. The molecule has 0 saturated carbocycles. The molecule has 1 amide bonds. The van der Waals surface area contributed by atoms with Crippen LogP contribution in [0.15, 0.2) is 52.1 Å². The third-order valence-electron chi connectivity index (χ3n) is 2.48. The Labute approximate surface area is 105 Å². The van der Waals surface area contributed by atoms with Gasteiger partial charge in [0.2, 0.25) is 5.91 Å². The quantitative estimate of drug-likeness (QED) is 0.824. The summed E-state index contributed by atoms with van der Waals surface area (Å²) in [5.74, 6) is -0.118. The van der Waals surface area contributed by atoms with E-state index in [1.165, 1.54) is 6.08 Å². The topological polar surface area (TPSA) is 55.4 Å². The van der Waals surface area contributed by atoms with Gasteiger partial charge in [0, 0.05) is 17.7 Å². The predicted molar refractivity (Wildman–Crippen MR) is 67.8 cm³/mol. The summed E-state index contributed by atoms with van der Waals surface area (Å²) in [6.07, 6.45) is 10.4. The minimum Gasteiger partial charge on any atom is -0.472 e. The second-order valence-corrected chi connectivity index (χ2v) is 4.14. The molecule has 0 radical (unpaired) electrons. The highest BCUT2D eigenvalue weighted by atomic mass is 16.3. The van der Waals surface area contributed by atoms with Crippen LogP contribution in [0.3, 0.4) is 0 Å². The van der Waals surface area contributed by atoms with Crippen molar-refractivity contribution in [2.24, 2.45) is 0 Å². The van der Waals surface area contributed by atoms with Gasteiger partial charge in [-0.3, -0.25) is 4.79 Å². The van der Waals surface area contributed by atoms with Gasteiger partial charge < -0.3 is 14.2 Å². The van der Waals surface area contributed by atoms with E-state index in [2.05, 4.69) is 5.32 Å². The van der Waals surface area contributed by atoms with Gasteiger partial charge in [0.1, 0.15) is 0 Å². The number of nitrogens with one attached hydrogen (secondary N) is 1. The normalized spacial score (nSPS) is 12.7. The highest BCUT2D eigenvalue weighted by Gasteiger charge is 2.06. The molecule has 2 aromatic heterocycles. The van der Waals surface area contributed by atoms with Crippen molar-refractivity contribution in [3.05, 3.63) is 54.4 Å². The van der Waals surface area contributed by atoms with Gasteiger partial charge in [-0.05, 0) is 37.1 Å². The standard InChI is InChI=1S/C14H15NO3/c1-11(8-13-5-7-18-10-13)15-14(16)3-2-12-4-6-17-9-12/h2-7,9-11H,8H2,1H3,(H,15,16)/b3-2+. The molecule has 94 valence electrons. The van der Waals surface area contributed by atoms with E-state index < -0.39 is 0 Å². The van der Waals surface area contributed by atoms with Gasteiger partial charge in [-0.15, -0.1) is 0 Å². The Bertz CT molecular complexity index is 497. The summed E-state index contributed by atoms with van der Waals surface area (Å²) in [5, 5.41) is 2.88. The second-order valence-electron chi connectivity index (χ2n) is 4.14. The third kappa shape index (κ3) is 3.66. The maximum atomic E-state index is 11.6. The molecular formula is C14H15NO3. The number of hydrogen-bond donors (Lipinski definition) is 1. The van der Waals surface area contributed by atoms with Crippen LogP contribution in [0.4, 0.5) is 0 Å². The Morgan fingerprint density at radius 3 is 2.78 bits per heavy atom. The molecule has 0 aliphatic rings. The van der Waals surface area contributed by atoms with Gasteiger partial charge in [0.05, 0.1) is 25.1 Å². The Balaban J connectivity index is 1.80. The van der Waals surface area contributed by atoms with Crippen LogP contribution in [0.1, 0.15) is 18.1 Å². The molecular weight excluding hydrogens is 230 g/mol. The minimum atomic E-state index is -0.118. The molecule has 0 saturated heterocycles. The van der Waals surface area contributed by atoms with Crippen molar-refractivity contribution in [1.29, 1.82) is 0 Å². The summed E-state index contributed by atoms with van der Waals surface area (Å²) in [4.78, 5) is 11.6. The van der Waals surface area contributed by atoms with E-state index in [1.54, 1.807) is 37.2 Å². The number of carbonyl (C=O) groups is 1. The van der Waals surface area contributed by atoms with Crippen molar-refractivity contribution < 1.29 is 13.6 Å². The molecule has 1 unspecified atom stereocenters. The summed E-state index contributed by atoms with van der Waals surface area (Å²) in [6, 6.07) is 3.74. The Morgan fingerprint density at radius 2 is 2.11 bits per heavy atom. The van der Waals surface area contributed by atoms with Crippen LogP contribution < -0.4 is 5.32 Å². The smallest absolute Gasteiger partial charge is 0.244 e. The lowest BCUT2D eigenvalue weighted by Crippen LogP contribution is -2.32. The lowest BCUT2D eigenvalue weighted by Gasteiger charge is -2.10. The molecule has 4 heteroatoms. The Hall–Kier alpha value is -2.23. The molecule has 0 aromatic carbocycles. The summed E-state index contributed by atoms with van der Waals surface area (Å²) >= 11 is 0. The lowest BCUT2D eigenvalue weighted by molar-refractivity contribution is -0.117. The fraction of sp³-hybridized carbons (Fsp3) is 0.214. The summed E-state index contributed by atoms with van der Waals surface area (Å²) in [6.45, 7) is 1.95. The molecule has 0 aliphatic carbocycles. The van der Waals surface area contributed by atoms with Crippen molar-refractivity contribution >= 4 is 12.0 Å². The molecule has 2 rings (SSSR count). The monoisotopic (exact) mass is 245 g/mol. The zero-order chi connectivity index (χ0) is 12.8. The number of rotatable bonds is 5. The van der Waals surface area contributed by atoms with E-state index in [9.17, 15) is 4.79 Å². The molecule has 1 N–H and O–H groups in total. The van der Waals surface area contributed by atoms with E-state index in [0.29, 0.717) is 0 Å². The average molecular weight is 245 g/mol. The van der Waals surface area contributed by atoms with E-state index in [0.717, 1.165) is 17.5 Å². The largest absolute Gasteiger partial charge is 0.472 e. The van der Waals surface area contributed by atoms with Crippen LogP contribution in [0, 0.1) is 0 Å². The lowest BCUT2D eigenvalue weighted by atomic mass is 10.1. The summed E-state index contributed by atoms with van der Waals surface area (Å²) in [7, 11) is 0. The maximum Gasteiger partial charge on any atom is 0.244 e. The third-order valence-corrected chi connectivity index (χ3v) is 2.48. The van der Waals surface area contributed by atoms with Gasteiger partial charge in [0.25, 0.3) is 0 Å².